The molecule has 0 bridgehead atoms. The van der Waals surface area contributed by atoms with E-state index in [1.165, 1.54) is 7.05 Å². The number of aliphatic hydroxyl groups excluding tert-OH is 2. The van der Waals surface area contributed by atoms with Gasteiger partial charge in [0.2, 0.25) is 5.69 Å². The fourth-order valence-corrected chi connectivity index (χ4v) is 4.97. The summed E-state index contributed by atoms with van der Waals surface area (Å²) in [7, 11) is 3.05. The van der Waals surface area contributed by atoms with Crippen molar-refractivity contribution in [2.24, 2.45) is 0 Å². The Bertz CT molecular complexity index is 568. The maximum atomic E-state index is 10.1. The SMILES string of the molecule is CN(CCO)Cc1c(Cl)c([N+](C)(O)O)c(Br)c(CCCCO)c1Br. The summed E-state index contributed by atoms with van der Waals surface area (Å²) in [5.41, 5.74) is 1.74. The third-order valence-corrected chi connectivity index (χ3v) is 5.86. The van der Waals surface area contributed by atoms with Crippen molar-refractivity contribution in [1.82, 2.24) is 9.71 Å². The summed E-state index contributed by atoms with van der Waals surface area (Å²) >= 11 is 13.5. The van der Waals surface area contributed by atoms with Crippen LogP contribution in [0, 0.1) is 0 Å². The van der Waals surface area contributed by atoms with Crippen molar-refractivity contribution >= 4 is 49.1 Å². The lowest BCUT2D eigenvalue weighted by molar-refractivity contribution is -0.272. The monoisotopic (exact) mass is 489 g/mol. The van der Waals surface area contributed by atoms with Crippen LogP contribution in [0.15, 0.2) is 8.95 Å². The van der Waals surface area contributed by atoms with Gasteiger partial charge in [-0.3, -0.25) is 4.90 Å². The van der Waals surface area contributed by atoms with Crippen molar-refractivity contribution in [3.05, 3.63) is 25.1 Å². The average molecular weight is 492 g/mol. The smallest absolute Gasteiger partial charge is 0.232 e. The van der Waals surface area contributed by atoms with Crippen LogP contribution in [-0.4, -0.2) is 59.4 Å². The molecule has 24 heavy (non-hydrogen) atoms. The van der Waals surface area contributed by atoms with E-state index < -0.39 is 4.81 Å². The topological polar surface area (TPSA) is 84.2 Å². The number of quaternary nitrogens is 1. The highest BCUT2D eigenvalue weighted by atomic mass is 79.9. The van der Waals surface area contributed by atoms with Crippen LogP contribution < -0.4 is 4.81 Å². The Morgan fingerprint density at radius 1 is 1.04 bits per heavy atom. The number of hydrogen-bond donors (Lipinski definition) is 4. The molecule has 0 aromatic heterocycles. The second-order valence-corrected chi connectivity index (χ2v) is 7.77. The standard InChI is InChI=1S/C15H24Br2ClN2O4/c1-19(6-8-22)9-11-12(16)10(5-3-4-7-21)13(17)15(14(11)18)20(2,23)24/h21-24H,3-9H2,1-2H3/q+1. The number of likely N-dealkylation sites (N-methyl/N-ethyl adjacent to an activating group) is 1. The molecule has 0 atom stereocenters. The van der Waals surface area contributed by atoms with E-state index in [9.17, 15) is 10.4 Å². The molecule has 1 aromatic carbocycles. The van der Waals surface area contributed by atoms with Gasteiger partial charge >= 0.3 is 0 Å². The Kier molecular flexibility index (Phi) is 9.09. The van der Waals surface area contributed by atoms with Gasteiger partial charge in [0, 0.05) is 29.7 Å². The quantitative estimate of drug-likeness (QED) is 0.242. The predicted octanol–water partition coefficient (Wildman–Crippen LogP) is 3.32. The number of aliphatic hydroxyl groups is 2. The van der Waals surface area contributed by atoms with Crippen molar-refractivity contribution < 1.29 is 20.6 Å². The second-order valence-electron chi connectivity index (χ2n) is 5.80. The van der Waals surface area contributed by atoms with Crippen molar-refractivity contribution in [3.8, 4) is 0 Å². The van der Waals surface area contributed by atoms with Crippen LogP contribution in [0.2, 0.25) is 5.02 Å². The lowest BCUT2D eigenvalue weighted by atomic mass is 10.0. The fraction of sp³-hybridized carbons (Fsp3) is 0.600. The molecule has 0 heterocycles. The molecule has 0 saturated carbocycles. The number of benzene rings is 1. The van der Waals surface area contributed by atoms with Gasteiger partial charge < -0.3 is 10.2 Å². The van der Waals surface area contributed by atoms with Crippen molar-refractivity contribution in [3.63, 3.8) is 0 Å². The highest BCUT2D eigenvalue weighted by Gasteiger charge is 2.33. The van der Waals surface area contributed by atoms with Gasteiger partial charge in [0.25, 0.3) is 0 Å². The molecule has 0 amide bonds. The van der Waals surface area contributed by atoms with Crippen LogP contribution in [0.1, 0.15) is 24.0 Å². The number of hydroxylamine groups is 2. The number of halogens is 3. The summed E-state index contributed by atoms with van der Waals surface area (Å²) in [5.74, 6) is 0. The average Bonchev–Trinajstić information content (AvgIpc) is 2.46. The lowest BCUT2D eigenvalue weighted by Crippen LogP contribution is -2.38. The Morgan fingerprint density at radius 3 is 2.17 bits per heavy atom. The van der Waals surface area contributed by atoms with Gasteiger partial charge in [0.05, 0.1) is 11.1 Å². The molecule has 0 fully saturated rings. The molecule has 9 heteroatoms. The Balaban J connectivity index is 3.42. The fourth-order valence-electron chi connectivity index (χ4n) is 2.42. The minimum Gasteiger partial charge on any atom is -0.396 e. The predicted molar refractivity (Wildman–Crippen MR) is 102 cm³/mol. The van der Waals surface area contributed by atoms with Crippen LogP contribution in [0.3, 0.4) is 0 Å². The molecule has 0 aliphatic heterocycles. The number of hydrogen-bond acceptors (Lipinski definition) is 5. The normalized spacial score (nSPS) is 12.2. The largest absolute Gasteiger partial charge is 0.396 e. The molecule has 4 N–H and O–H groups in total. The third kappa shape index (κ3) is 5.62. The van der Waals surface area contributed by atoms with E-state index in [1.54, 1.807) is 0 Å². The van der Waals surface area contributed by atoms with E-state index in [4.69, 9.17) is 21.8 Å². The Labute approximate surface area is 164 Å². The van der Waals surface area contributed by atoms with Crippen LogP contribution in [0.5, 0.6) is 0 Å². The van der Waals surface area contributed by atoms with Crippen molar-refractivity contribution in [2.45, 2.75) is 25.8 Å². The van der Waals surface area contributed by atoms with Gasteiger partial charge in [0.15, 0.2) is 0 Å². The summed E-state index contributed by atoms with van der Waals surface area (Å²) in [6.07, 6.45) is 2.05. The Morgan fingerprint density at radius 2 is 1.67 bits per heavy atom. The zero-order valence-corrected chi connectivity index (χ0v) is 17.7. The van der Waals surface area contributed by atoms with E-state index in [0.717, 1.165) is 22.0 Å². The minimum absolute atomic E-state index is 0.0201. The number of rotatable bonds is 9. The van der Waals surface area contributed by atoms with E-state index in [2.05, 4.69) is 31.9 Å². The zero-order valence-electron chi connectivity index (χ0n) is 13.8. The van der Waals surface area contributed by atoms with E-state index in [1.807, 2.05) is 11.9 Å². The van der Waals surface area contributed by atoms with E-state index in [-0.39, 0.29) is 23.9 Å². The lowest BCUT2D eigenvalue weighted by Gasteiger charge is -2.25. The molecule has 0 aliphatic carbocycles. The van der Waals surface area contributed by atoms with Crippen molar-refractivity contribution in [2.75, 3.05) is 33.9 Å². The molecule has 1 rings (SSSR count). The zero-order chi connectivity index (χ0) is 18.5. The molecule has 0 unspecified atom stereocenters. The first-order valence-electron chi connectivity index (χ1n) is 7.56. The molecule has 6 nitrogen and oxygen atoms in total. The first-order valence-corrected chi connectivity index (χ1v) is 9.52. The molecule has 0 radical (unpaired) electrons. The molecule has 0 saturated heterocycles. The first kappa shape index (κ1) is 22.3. The van der Waals surface area contributed by atoms with Gasteiger partial charge in [-0.2, -0.15) is 10.4 Å². The molecular weight excluding hydrogens is 467 g/mol. The van der Waals surface area contributed by atoms with Gasteiger partial charge in [-0.25, -0.2) is 0 Å². The van der Waals surface area contributed by atoms with Crippen LogP contribution >= 0.6 is 43.5 Å². The maximum absolute atomic E-state index is 10.1. The van der Waals surface area contributed by atoms with E-state index in [0.29, 0.717) is 30.4 Å². The van der Waals surface area contributed by atoms with Crippen LogP contribution in [0.25, 0.3) is 0 Å². The summed E-state index contributed by atoms with van der Waals surface area (Å²) in [6, 6.07) is 0. The maximum Gasteiger partial charge on any atom is 0.232 e. The number of unbranched alkanes of at least 4 members (excludes halogenated alkanes) is 1. The molecule has 138 valence electrons. The summed E-state index contributed by atoms with van der Waals surface area (Å²) in [6.45, 7) is 1.04. The first-order chi connectivity index (χ1) is 11.1. The van der Waals surface area contributed by atoms with Crippen LogP contribution in [0.4, 0.5) is 5.69 Å². The molecular formula is C15H24Br2ClN2O4+. The molecule has 0 spiro atoms. The van der Waals surface area contributed by atoms with Crippen molar-refractivity contribution in [1.29, 1.82) is 0 Å². The van der Waals surface area contributed by atoms with Gasteiger partial charge in [-0.15, -0.1) is 0 Å². The van der Waals surface area contributed by atoms with Gasteiger partial charge in [-0.1, -0.05) is 27.5 Å². The third-order valence-electron chi connectivity index (χ3n) is 3.64. The summed E-state index contributed by atoms with van der Waals surface area (Å²) < 4.78 is 1.32. The van der Waals surface area contributed by atoms with E-state index >= 15 is 0 Å². The Hall–Kier alpha value is 0.230. The van der Waals surface area contributed by atoms with Gasteiger partial charge in [0.1, 0.15) is 12.1 Å². The summed E-state index contributed by atoms with van der Waals surface area (Å²) in [5, 5.41) is 38.4. The summed E-state index contributed by atoms with van der Waals surface area (Å²) in [4.78, 5) is 0.497. The molecule has 0 aliphatic rings. The number of nitrogens with zero attached hydrogens (tertiary/aromatic N) is 2. The highest BCUT2D eigenvalue weighted by molar-refractivity contribution is 9.11. The minimum atomic E-state index is -1.39. The molecule has 1 aromatic rings. The van der Waals surface area contributed by atoms with Gasteiger partial charge in [-0.05, 0) is 52.6 Å². The highest BCUT2D eigenvalue weighted by Crippen LogP contribution is 2.45. The van der Waals surface area contributed by atoms with Crippen LogP contribution in [-0.2, 0) is 13.0 Å². The second kappa shape index (κ2) is 9.80.